The van der Waals surface area contributed by atoms with E-state index in [9.17, 15) is 9.90 Å². The Morgan fingerprint density at radius 3 is 2.73 bits per heavy atom. The van der Waals surface area contributed by atoms with Crippen LogP contribution < -0.4 is 27.6 Å². The van der Waals surface area contributed by atoms with Gasteiger partial charge in [0.2, 0.25) is 11.8 Å². The minimum absolute atomic E-state index is 0.237. The predicted molar refractivity (Wildman–Crippen MR) is 109 cm³/mol. The monoisotopic (exact) mass is 405 g/mol. The van der Waals surface area contributed by atoms with Crippen LogP contribution in [-0.4, -0.2) is 40.7 Å². The maximum atomic E-state index is 11.4. The molecule has 1 fully saturated rings. The van der Waals surface area contributed by atoms with Crippen LogP contribution in [0.3, 0.4) is 0 Å². The van der Waals surface area contributed by atoms with Gasteiger partial charge in [-0.2, -0.15) is 19.6 Å². The van der Waals surface area contributed by atoms with Gasteiger partial charge in [-0.25, -0.2) is 9.79 Å². The van der Waals surface area contributed by atoms with Crippen LogP contribution in [0.15, 0.2) is 40.2 Å². The van der Waals surface area contributed by atoms with E-state index in [1.165, 1.54) is 0 Å². The number of aromatic nitrogens is 6. The van der Waals surface area contributed by atoms with E-state index >= 15 is 0 Å². The number of nitrogens with zero attached hydrogens (tertiary/aromatic N) is 5. The van der Waals surface area contributed by atoms with Crippen molar-refractivity contribution in [2.24, 2.45) is 10.7 Å². The summed E-state index contributed by atoms with van der Waals surface area (Å²) in [7, 11) is 0. The molecule has 3 aromatic heterocycles. The van der Waals surface area contributed by atoms with Crippen molar-refractivity contribution in [3.63, 3.8) is 0 Å². The smallest absolute Gasteiger partial charge is 0.326 e. The van der Waals surface area contributed by atoms with Crippen LogP contribution in [0.2, 0.25) is 0 Å². The second-order valence-electron chi connectivity index (χ2n) is 7.05. The van der Waals surface area contributed by atoms with Crippen molar-refractivity contribution < 1.29 is 5.11 Å². The first-order chi connectivity index (χ1) is 14.6. The number of aromatic hydroxyl groups is 1. The molecule has 5 rings (SSSR count). The van der Waals surface area contributed by atoms with E-state index < -0.39 is 5.69 Å². The lowest BCUT2D eigenvalue weighted by atomic mass is 10.2. The lowest BCUT2D eigenvalue weighted by molar-refractivity contribution is 0.454. The molecule has 0 radical (unpaired) electrons. The predicted octanol–water partition coefficient (Wildman–Crippen LogP) is -0.341. The average Bonchev–Trinajstić information content (AvgIpc) is 3.37. The molecule has 1 aliphatic carbocycles. The zero-order valence-corrected chi connectivity index (χ0v) is 15.8. The molecule has 11 nitrogen and oxygen atoms in total. The number of rotatable bonds is 5. The summed E-state index contributed by atoms with van der Waals surface area (Å²) >= 11 is 0. The summed E-state index contributed by atoms with van der Waals surface area (Å²) in [6.45, 7) is 0.469. The highest BCUT2D eigenvalue weighted by Crippen LogP contribution is 2.22. The number of imidazole rings is 1. The van der Waals surface area contributed by atoms with Gasteiger partial charge in [0.05, 0.1) is 12.2 Å². The zero-order chi connectivity index (χ0) is 20.7. The molecule has 6 N–H and O–H groups in total. The molecule has 30 heavy (non-hydrogen) atoms. The summed E-state index contributed by atoms with van der Waals surface area (Å²) in [5, 5.41) is 18.0. The van der Waals surface area contributed by atoms with Crippen molar-refractivity contribution in [1.29, 1.82) is 0 Å². The van der Waals surface area contributed by atoms with Crippen LogP contribution in [0.4, 0.5) is 11.6 Å². The normalized spacial score (nSPS) is 15.2. The molecule has 3 heterocycles. The van der Waals surface area contributed by atoms with Crippen molar-refractivity contribution >= 4 is 23.4 Å². The molecule has 1 aliphatic rings. The molecule has 0 spiro atoms. The molecule has 1 saturated carbocycles. The Balaban J connectivity index is 1.64. The van der Waals surface area contributed by atoms with Gasteiger partial charge in [-0.1, -0.05) is 12.1 Å². The van der Waals surface area contributed by atoms with Crippen molar-refractivity contribution in [2.75, 3.05) is 5.32 Å². The van der Waals surface area contributed by atoms with Crippen molar-refractivity contribution in [3.05, 3.63) is 63.0 Å². The largest absolute Gasteiger partial charge is 0.493 e. The number of anilines is 2. The Bertz CT molecular complexity index is 1390. The first-order valence-corrected chi connectivity index (χ1v) is 9.48. The van der Waals surface area contributed by atoms with Gasteiger partial charge in [0.1, 0.15) is 5.69 Å². The van der Waals surface area contributed by atoms with E-state index in [0.29, 0.717) is 29.0 Å². The third-order valence-electron chi connectivity index (χ3n) is 4.70. The van der Waals surface area contributed by atoms with Gasteiger partial charge in [0, 0.05) is 17.5 Å². The van der Waals surface area contributed by atoms with Gasteiger partial charge >= 0.3 is 5.69 Å². The number of H-pyrrole nitrogens is 2. The topological polar surface area (TPSA) is 162 Å². The fraction of sp³-hybridized carbons (Fsp3) is 0.211. The lowest BCUT2D eigenvalue weighted by Gasteiger charge is -2.06. The van der Waals surface area contributed by atoms with Crippen LogP contribution >= 0.6 is 0 Å². The fourth-order valence-corrected chi connectivity index (χ4v) is 2.99. The first kappa shape index (κ1) is 18.1. The number of hydrogen-bond acceptors (Lipinski definition) is 8. The number of benzene rings is 1. The Hall–Kier alpha value is -3.99. The van der Waals surface area contributed by atoms with Gasteiger partial charge in [0.25, 0.3) is 5.62 Å². The molecule has 0 bridgehead atoms. The number of nitrogens with two attached hydrogens (primary N) is 1. The molecule has 0 saturated heterocycles. The molecule has 11 heteroatoms. The summed E-state index contributed by atoms with van der Waals surface area (Å²) in [4.78, 5) is 30.0. The molecule has 4 aromatic rings. The number of nitrogens with one attached hydrogen (secondary N) is 3. The van der Waals surface area contributed by atoms with Gasteiger partial charge in [-0.05, 0) is 36.6 Å². The summed E-state index contributed by atoms with van der Waals surface area (Å²) in [6, 6.07) is 7.90. The fourth-order valence-electron chi connectivity index (χ4n) is 2.99. The zero-order valence-electron chi connectivity index (χ0n) is 15.8. The van der Waals surface area contributed by atoms with E-state index in [1.807, 2.05) is 24.3 Å². The van der Waals surface area contributed by atoms with Crippen LogP contribution in [-0.2, 0) is 6.54 Å². The van der Waals surface area contributed by atoms with Gasteiger partial charge in [-0.15, -0.1) is 0 Å². The average molecular weight is 405 g/mol. The molecular formula is C19H19N9O2. The maximum Gasteiger partial charge on any atom is 0.326 e. The minimum atomic E-state index is -0.502. The van der Waals surface area contributed by atoms with Crippen LogP contribution in [0.25, 0.3) is 11.7 Å². The molecule has 1 aromatic carbocycles. The van der Waals surface area contributed by atoms with E-state index in [-0.39, 0.29) is 17.6 Å². The molecule has 152 valence electrons. The minimum Gasteiger partial charge on any atom is -0.493 e. The molecule has 0 aliphatic heterocycles. The van der Waals surface area contributed by atoms with Crippen LogP contribution in [0.5, 0.6) is 5.88 Å². The van der Waals surface area contributed by atoms with Gasteiger partial charge < -0.3 is 21.1 Å². The Labute approximate surface area is 169 Å². The standard InChI is InChI=1S/C19H19N9O2/c20-8-10-1-3-12(4-2-10)22-17-25-15-11(7-14-16(29)26-19(30)24-14)9-21-28(15)18(27-17)23-13-5-6-13/h1-4,7,9,13,29H,5-6,8,20H2,(H,22,23,27)(H2,24,26,30). The lowest BCUT2D eigenvalue weighted by Crippen LogP contribution is -2.24. The molecule has 0 atom stereocenters. The number of aromatic amines is 2. The summed E-state index contributed by atoms with van der Waals surface area (Å²) in [6.07, 6.45) is 5.21. The molecule has 0 unspecified atom stereocenters. The third-order valence-corrected chi connectivity index (χ3v) is 4.70. The van der Waals surface area contributed by atoms with Crippen LogP contribution in [0, 0.1) is 0 Å². The summed E-state index contributed by atoms with van der Waals surface area (Å²) in [5.41, 5.74) is 8.16. The Morgan fingerprint density at radius 2 is 2.07 bits per heavy atom. The Morgan fingerprint density at radius 1 is 1.27 bits per heavy atom. The Kier molecular flexibility index (Phi) is 4.29. The first-order valence-electron chi connectivity index (χ1n) is 9.48. The number of hydrogen-bond donors (Lipinski definition) is 5. The summed E-state index contributed by atoms with van der Waals surface area (Å²) in [5.74, 6) is 0.110. The van der Waals surface area contributed by atoms with E-state index in [1.54, 1.807) is 16.8 Å². The number of fused-ring (bicyclic) bond motifs is 1. The van der Waals surface area contributed by atoms with Gasteiger partial charge in [-0.3, -0.25) is 4.98 Å². The highest BCUT2D eigenvalue weighted by molar-refractivity contribution is 5.59. The highest BCUT2D eigenvalue weighted by Gasteiger charge is 2.21. The third kappa shape index (κ3) is 3.53. The van der Waals surface area contributed by atoms with E-state index in [0.717, 1.165) is 24.1 Å². The van der Waals surface area contributed by atoms with E-state index in [4.69, 9.17) is 5.73 Å². The van der Waals surface area contributed by atoms with Gasteiger partial charge in [0.15, 0.2) is 5.65 Å². The summed E-state index contributed by atoms with van der Waals surface area (Å²) < 4.78 is 1.55. The van der Waals surface area contributed by atoms with Crippen molar-refractivity contribution in [3.8, 4) is 5.88 Å². The van der Waals surface area contributed by atoms with E-state index in [2.05, 4.69) is 35.3 Å². The highest BCUT2D eigenvalue weighted by atomic mass is 16.3. The second kappa shape index (κ2) is 7.12. The second-order valence-corrected chi connectivity index (χ2v) is 7.05. The SMILES string of the molecule is NCc1ccc(Nc2nc(=NC3CC3)n3ncc(=Cc4[nH]c(=O)[nH]c4O)c3n2)cc1. The quantitative estimate of drug-likeness (QED) is 0.303. The molecular weight excluding hydrogens is 386 g/mol. The van der Waals surface area contributed by atoms with Crippen molar-refractivity contribution in [1.82, 2.24) is 29.5 Å². The maximum absolute atomic E-state index is 11.4. The van der Waals surface area contributed by atoms with Crippen LogP contribution in [0.1, 0.15) is 24.1 Å². The van der Waals surface area contributed by atoms with Crippen molar-refractivity contribution in [2.45, 2.75) is 25.4 Å². The molecule has 0 amide bonds.